The van der Waals surface area contributed by atoms with Crippen LogP contribution in [0.3, 0.4) is 0 Å². The number of aliphatic hydroxyl groups is 1. The van der Waals surface area contributed by atoms with E-state index in [-0.39, 0.29) is 18.6 Å². The molecule has 0 saturated carbocycles. The summed E-state index contributed by atoms with van der Waals surface area (Å²) in [5, 5.41) is 11.5. The van der Waals surface area contributed by atoms with Gasteiger partial charge < -0.3 is 19.7 Å². The van der Waals surface area contributed by atoms with Gasteiger partial charge in [-0.1, -0.05) is 0 Å². The van der Waals surface area contributed by atoms with Crippen LogP contribution in [0.1, 0.15) is 17.4 Å². The van der Waals surface area contributed by atoms with Crippen molar-refractivity contribution >= 4 is 5.91 Å². The quantitative estimate of drug-likeness (QED) is 0.730. The summed E-state index contributed by atoms with van der Waals surface area (Å²) in [6, 6.07) is 3.32. The molecule has 1 heterocycles. The van der Waals surface area contributed by atoms with Crippen LogP contribution in [0.25, 0.3) is 0 Å². The van der Waals surface area contributed by atoms with Gasteiger partial charge in [0.1, 0.15) is 5.69 Å². The summed E-state index contributed by atoms with van der Waals surface area (Å²) in [6.07, 6.45) is 1.83. The van der Waals surface area contributed by atoms with E-state index in [0.717, 1.165) is 0 Å². The minimum absolute atomic E-state index is 0.0650. The SMILES string of the molecule is COCCn1cccc1C(=O)N[C@@H](C)CO. The van der Waals surface area contributed by atoms with E-state index in [9.17, 15) is 4.79 Å². The molecule has 0 bridgehead atoms. The van der Waals surface area contributed by atoms with E-state index < -0.39 is 0 Å². The van der Waals surface area contributed by atoms with Crippen LogP contribution in [0.15, 0.2) is 18.3 Å². The highest BCUT2D eigenvalue weighted by molar-refractivity contribution is 5.92. The Balaban J connectivity index is 2.64. The Morgan fingerprint density at radius 1 is 1.69 bits per heavy atom. The van der Waals surface area contributed by atoms with Gasteiger partial charge in [0.25, 0.3) is 5.91 Å². The number of carbonyl (C=O) groups is 1. The molecule has 2 N–H and O–H groups in total. The number of carbonyl (C=O) groups excluding carboxylic acids is 1. The van der Waals surface area contributed by atoms with Crippen LogP contribution in [0.4, 0.5) is 0 Å². The molecule has 0 radical (unpaired) electrons. The second-order valence-corrected chi connectivity index (χ2v) is 3.64. The number of methoxy groups -OCH3 is 1. The Labute approximate surface area is 95.0 Å². The summed E-state index contributed by atoms with van der Waals surface area (Å²) >= 11 is 0. The van der Waals surface area contributed by atoms with Crippen molar-refractivity contribution in [3.05, 3.63) is 24.0 Å². The Hall–Kier alpha value is -1.33. The molecule has 1 rings (SSSR count). The number of aromatic nitrogens is 1. The second-order valence-electron chi connectivity index (χ2n) is 3.64. The van der Waals surface area contributed by atoms with E-state index in [2.05, 4.69) is 5.32 Å². The molecule has 0 fully saturated rings. The standard InChI is InChI=1S/C11H18N2O3/c1-9(8-14)12-11(15)10-4-3-5-13(10)6-7-16-2/h3-5,9,14H,6-8H2,1-2H3,(H,12,15)/t9-/m0/s1. The smallest absolute Gasteiger partial charge is 0.268 e. The van der Waals surface area contributed by atoms with Crippen LogP contribution >= 0.6 is 0 Å². The maximum atomic E-state index is 11.8. The Kier molecular flexibility index (Phi) is 5.01. The van der Waals surface area contributed by atoms with E-state index in [4.69, 9.17) is 9.84 Å². The zero-order chi connectivity index (χ0) is 12.0. The van der Waals surface area contributed by atoms with Crippen LogP contribution in [-0.2, 0) is 11.3 Å². The number of hydrogen-bond donors (Lipinski definition) is 2. The maximum Gasteiger partial charge on any atom is 0.268 e. The molecule has 16 heavy (non-hydrogen) atoms. The fourth-order valence-corrected chi connectivity index (χ4v) is 1.35. The number of nitrogens with zero attached hydrogens (tertiary/aromatic N) is 1. The highest BCUT2D eigenvalue weighted by Gasteiger charge is 2.12. The third-order valence-electron chi connectivity index (χ3n) is 2.25. The van der Waals surface area contributed by atoms with Crippen molar-refractivity contribution in [2.45, 2.75) is 19.5 Å². The topological polar surface area (TPSA) is 63.5 Å². The minimum atomic E-state index is -0.238. The molecular formula is C11H18N2O3. The number of ether oxygens (including phenoxy) is 1. The van der Waals surface area contributed by atoms with Gasteiger partial charge in [0.2, 0.25) is 0 Å². The summed E-state index contributed by atoms with van der Waals surface area (Å²) in [7, 11) is 1.62. The zero-order valence-corrected chi connectivity index (χ0v) is 9.64. The van der Waals surface area contributed by atoms with Crippen molar-refractivity contribution in [1.82, 2.24) is 9.88 Å². The van der Waals surface area contributed by atoms with E-state index in [1.54, 1.807) is 20.1 Å². The van der Waals surface area contributed by atoms with E-state index in [0.29, 0.717) is 18.8 Å². The van der Waals surface area contributed by atoms with Crippen LogP contribution in [0.2, 0.25) is 0 Å². The number of nitrogens with one attached hydrogen (secondary N) is 1. The van der Waals surface area contributed by atoms with Gasteiger partial charge in [0, 0.05) is 25.9 Å². The van der Waals surface area contributed by atoms with E-state index >= 15 is 0 Å². The van der Waals surface area contributed by atoms with Gasteiger partial charge in [0.05, 0.1) is 13.2 Å². The van der Waals surface area contributed by atoms with Crippen LogP contribution < -0.4 is 5.32 Å². The van der Waals surface area contributed by atoms with Crippen molar-refractivity contribution < 1.29 is 14.6 Å². The molecule has 1 aromatic heterocycles. The number of rotatable bonds is 6. The largest absolute Gasteiger partial charge is 0.394 e. The fraction of sp³-hybridized carbons (Fsp3) is 0.545. The summed E-state index contributed by atoms with van der Waals surface area (Å²) in [6.45, 7) is 2.88. The number of aliphatic hydroxyl groups excluding tert-OH is 1. The first kappa shape index (κ1) is 12.7. The molecule has 0 aliphatic heterocycles. The molecule has 0 aliphatic carbocycles. The van der Waals surface area contributed by atoms with Crippen molar-refractivity contribution in [3.63, 3.8) is 0 Å². The predicted octanol–water partition coefficient (Wildman–Crippen LogP) is 0.245. The highest BCUT2D eigenvalue weighted by Crippen LogP contribution is 2.02. The van der Waals surface area contributed by atoms with Gasteiger partial charge in [-0.15, -0.1) is 0 Å². The van der Waals surface area contributed by atoms with Gasteiger partial charge in [-0.25, -0.2) is 0 Å². The molecule has 1 amide bonds. The lowest BCUT2D eigenvalue weighted by atomic mass is 10.3. The molecule has 5 heteroatoms. The van der Waals surface area contributed by atoms with Crippen molar-refractivity contribution in [2.75, 3.05) is 20.3 Å². The van der Waals surface area contributed by atoms with Crippen LogP contribution in [0, 0.1) is 0 Å². The number of hydrogen-bond acceptors (Lipinski definition) is 3. The normalized spacial score (nSPS) is 12.4. The van der Waals surface area contributed by atoms with Crippen LogP contribution in [0.5, 0.6) is 0 Å². The molecule has 90 valence electrons. The molecule has 1 aromatic rings. The lowest BCUT2D eigenvalue weighted by Crippen LogP contribution is -2.36. The zero-order valence-electron chi connectivity index (χ0n) is 9.64. The Bertz CT molecular complexity index is 336. The van der Waals surface area contributed by atoms with Crippen molar-refractivity contribution in [3.8, 4) is 0 Å². The molecule has 0 aliphatic rings. The Morgan fingerprint density at radius 2 is 2.44 bits per heavy atom. The molecule has 5 nitrogen and oxygen atoms in total. The first-order valence-corrected chi connectivity index (χ1v) is 5.24. The van der Waals surface area contributed by atoms with E-state index in [1.165, 1.54) is 0 Å². The van der Waals surface area contributed by atoms with Crippen LogP contribution in [-0.4, -0.2) is 41.9 Å². The van der Waals surface area contributed by atoms with Crippen molar-refractivity contribution in [2.24, 2.45) is 0 Å². The lowest BCUT2D eigenvalue weighted by Gasteiger charge is -2.12. The summed E-state index contributed by atoms with van der Waals surface area (Å²) in [4.78, 5) is 11.8. The van der Waals surface area contributed by atoms with Gasteiger partial charge in [0.15, 0.2) is 0 Å². The molecule has 1 atom stereocenters. The predicted molar refractivity (Wildman–Crippen MR) is 60.3 cm³/mol. The third-order valence-corrected chi connectivity index (χ3v) is 2.25. The molecule has 0 unspecified atom stereocenters. The molecular weight excluding hydrogens is 208 g/mol. The molecule has 0 saturated heterocycles. The fourth-order valence-electron chi connectivity index (χ4n) is 1.35. The Morgan fingerprint density at radius 3 is 3.06 bits per heavy atom. The lowest BCUT2D eigenvalue weighted by molar-refractivity contribution is 0.0910. The van der Waals surface area contributed by atoms with Gasteiger partial charge in [-0.3, -0.25) is 4.79 Å². The second kappa shape index (κ2) is 6.30. The highest BCUT2D eigenvalue weighted by atomic mass is 16.5. The summed E-state index contributed by atoms with van der Waals surface area (Å²) in [5.74, 6) is -0.178. The average Bonchev–Trinajstić information content (AvgIpc) is 2.74. The summed E-state index contributed by atoms with van der Waals surface area (Å²) < 4.78 is 6.78. The summed E-state index contributed by atoms with van der Waals surface area (Å²) in [5.41, 5.74) is 0.581. The molecule has 0 spiro atoms. The molecule has 0 aromatic carbocycles. The monoisotopic (exact) mass is 226 g/mol. The average molecular weight is 226 g/mol. The van der Waals surface area contributed by atoms with Gasteiger partial charge in [-0.05, 0) is 19.1 Å². The number of amides is 1. The third kappa shape index (κ3) is 3.36. The van der Waals surface area contributed by atoms with E-state index in [1.807, 2.05) is 16.8 Å². The maximum absolute atomic E-state index is 11.8. The first-order valence-electron chi connectivity index (χ1n) is 5.24. The first-order chi connectivity index (χ1) is 7.69. The van der Waals surface area contributed by atoms with Crippen molar-refractivity contribution in [1.29, 1.82) is 0 Å². The minimum Gasteiger partial charge on any atom is -0.394 e. The van der Waals surface area contributed by atoms with Gasteiger partial charge >= 0.3 is 0 Å². The van der Waals surface area contributed by atoms with Gasteiger partial charge in [-0.2, -0.15) is 0 Å².